The van der Waals surface area contributed by atoms with Crippen LogP contribution < -0.4 is 10.5 Å². The van der Waals surface area contributed by atoms with Gasteiger partial charge in [-0.05, 0) is 37.6 Å². The van der Waals surface area contributed by atoms with Crippen molar-refractivity contribution in [3.63, 3.8) is 0 Å². The minimum absolute atomic E-state index is 0.0613. The van der Waals surface area contributed by atoms with Gasteiger partial charge in [-0.15, -0.1) is 0 Å². The highest BCUT2D eigenvalue weighted by molar-refractivity contribution is 5.95. The molecule has 1 aliphatic rings. The lowest BCUT2D eigenvalue weighted by atomic mass is 10.0. The molecule has 1 aliphatic heterocycles. The fraction of sp³-hybridized carbons (Fsp3) is 0.533. The van der Waals surface area contributed by atoms with Gasteiger partial charge >= 0.3 is 0 Å². The number of ether oxygens (including phenoxy) is 1. The highest BCUT2D eigenvalue weighted by Crippen LogP contribution is 2.25. The Morgan fingerprint density at radius 1 is 1.50 bits per heavy atom. The lowest BCUT2D eigenvalue weighted by molar-refractivity contribution is 0.0834. The number of methoxy groups -OCH3 is 1. The van der Waals surface area contributed by atoms with Crippen molar-refractivity contribution >= 4 is 5.84 Å². The first kappa shape index (κ1) is 14.8. The number of likely N-dealkylation sites (tertiary alicyclic amines) is 1. The van der Waals surface area contributed by atoms with E-state index < -0.39 is 0 Å². The van der Waals surface area contributed by atoms with Crippen LogP contribution in [0.25, 0.3) is 0 Å². The van der Waals surface area contributed by atoms with Crippen LogP contribution >= 0.6 is 0 Å². The normalized spacial score (nSPS) is 19.8. The van der Waals surface area contributed by atoms with E-state index in [2.05, 4.69) is 4.90 Å². The Kier molecular flexibility index (Phi) is 4.98. The molecule has 5 heteroatoms. The van der Waals surface area contributed by atoms with Gasteiger partial charge in [0.1, 0.15) is 11.6 Å². The van der Waals surface area contributed by atoms with Crippen molar-refractivity contribution in [2.45, 2.75) is 31.8 Å². The lowest BCUT2D eigenvalue weighted by Crippen LogP contribution is -2.41. The van der Waals surface area contributed by atoms with Crippen LogP contribution in [0, 0.1) is 5.41 Å². The summed E-state index contributed by atoms with van der Waals surface area (Å²) in [6, 6.07) is 5.77. The molecule has 4 N–H and O–H groups in total. The summed E-state index contributed by atoms with van der Waals surface area (Å²) >= 11 is 0. The number of hydrogen-bond acceptors (Lipinski definition) is 4. The molecule has 5 nitrogen and oxygen atoms in total. The smallest absolute Gasteiger partial charge is 0.123 e. The first-order valence-electron chi connectivity index (χ1n) is 7.02. The maximum absolute atomic E-state index is 9.48. The summed E-state index contributed by atoms with van der Waals surface area (Å²) in [5, 5.41) is 17.0. The molecular weight excluding hydrogens is 254 g/mol. The standard InChI is InChI=1S/C15H23N3O2/c1-20-14-6-5-11(15(16)17)8-12(14)9-18-7-3-2-4-13(18)10-19/h5-6,8,13,19H,2-4,7,9-10H2,1H3,(H3,16,17). The molecule has 1 saturated heterocycles. The Labute approximate surface area is 119 Å². The van der Waals surface area contributed by atoms with Gasteiger partial charge in [-0.2, -0.15) is 0 Å². The Morgan fingerprint density at radius 2 is 2.30 bits per heavy atom. The van der Waals surface area contributed by atoms with Gasteiger partial charge in [0.05, 0.1) is 13.7 Å². The van der Waals surface area contributed by atoms with Crippen LogP contribution in [0.1, 0.15) is 30.4 Å². The van der Waals surface area contributed by atoms with Gasteiger partial charge < -0.3 is 15.6 Å². The Balaban J connectivity index is 2.21. The number of nitrogen functional groups attached to an aromatic ring is 1. The second-order valence-corrected chi connectivity index (χ2v) is 5.24. The molecule has 0 bridgehead atoms. The van der Waals surface area contributed by atoms with Crippen LogP contribution in [0.4, 0.5) is 0 Å². The molecule has 1 aromatic carbocycles. The first-order valence-corrected chi connectivity index (χ1v) is 7.02. The average Bonchev–Trinajstić information content (AvgIpc) is 2.47. The summed E-state index contributed by atoms with van der Waals surface area (Å²) in [5.74, 6) is 0.864. The topological polar surface area (TPSA) is 82.6 Å². The summed E-state index contributed by atoms with van der Waals surface area (Å²) < 4.78 is 5.39. The molecule has 2 rings (SSSR count). The fourth-order valence-corrected chi connectivity index (χ4v) is 2.76. The molecule has 1 aromatic rings. The third kappa shape index (κ3) is 3.29. The second kappa shape index (κ2) is 6.72. The van der Waals surface area contributed by atoms with Crippen molar-refractivity contribution in [2.24, 2.45) is 5.73 Å². The number of aliphatic hydroxyl groups is 1. The van der Waals surface area contributed by atoms with E-state index in [1.165, 1.54) is 6.42 Å². The summed E-state index contributed by atoms with van der Waals surface area (Å²) in [5.41, 5.74) is 7.27. The number of aliphatic hydroxyl groups excluding tert-OH is 1. The molecular formula is C15H23N3O2. The average molecular weight is 277 g/mol. The van der Waals surface area contributed by atoms with Gasteiger partial charge in [0.2, 0.25) is 0 Å². The van der Waals surface area contributed by atoms with Gasteiger partial charge in [-0.1, -0.05) is 6.42 Å². The van der Waals surface area contributed by atoms with Gasteiger partial charge in [0, 0.05) is 23.7 Å². The molecule has 0 radical (unpaired) electrons. The zero-order valence-corrected chi connectivity index (χ0v) is 11.9. The molecule has 0 saturated carbocycles. The minimum atomic E-state index is 0.0613. The monoisotopic (exact) mass is 277 g/mol. The number of benzene rings is 1. The van der Waals surface area contributed by atoms with Crippen molar-refractivity contribution in [1.29, 1.82) is 5.41 Å². The van der Waals surface area contributed by atoms with Crippen LogP contribution in [0.2, 0.25) is 0 Å². The van der Waals surface area contributed by atoms with Crippen LogP contribution in [-0.4, -0.2) is 42.1 Å². The van der Waals surface area contributed by atoms with Crippen LogP contribution in [0.15, 0.2) is 18.2 Å². The molecule has 1 unspecified atom stereocenters. The molecule has 0 spiro atoms. The highest BCUT2D eigenvalue weighted by Gasteiger charge is 2.22. The summed E-state index contributed by atoms with van der Waals surface area (Å²) in [4.78, 5) is 2.28. The summed E-state index contributed by atoms with van der Waals surface area (Å²) in [7, 11) is 1.64. The van der Waals surface area contributed by atoms with E-state index in [0.29, 0.717) is 5.56 Å². The van der Waals surface area contributed by atoms with Gasteiger partial charge in [-0.3, -0.25) is 10.3 Å². The molecule has 0 aromatic heterocycles. The summed E-state index contributed by atoms with van der Waals surface area (Å²) in [6.45, 7) is 1.89. The molecule has 0 aliphatic carbocycles. The van der Waals surface area contributed by atoms with E-state index in [-0.39, 0.29) is 18.5 Å². The van der Waals surface area contributed by atoms with Gasteiger partial charge in [0.25, 0.3) is 0 Å². The molecule has 110 valence electrons. The van der Waals surface area contributed by atoms with E-state index in [0.717, 1.165) is 37.2 Å². The summed E-state index contributed by atoms with van der Waals surface area (Å²) in [6.07, 6.45) is 3.36. The zero-order chi connectivity index (χ0) is 14.5. The maximum atomic E-state index is 9.48. The number of piperidine rings is 1. The highest BCUT2D eigenvalue weighted by atomic mass is 16.5. The molecule has 0 amide bonds. The number of nitrogens with two attached hydrogens (primary N) is 1. The Morgan fingerprint density at radius 3 is 2.95 bits per heavy atom. The van der Waals surface area contributed by atoms with Crippen molar-refractivity contribution in [3.05, 3.63) is 29.3 Å². The third-order valence-electron chi connectivity index (χ3n) is 3.92. The van der Waals surface area contributed by atoms with Crippen molar-refractivity contribution < 1.29 is 9.84 Å². The SMILES string of the molecule is COc1ccc(C(=N)N)cc1CN1CCCCC1CO. The quantitative estimate of drug-likeness (QED) is 0.560. The second-order valence-electron chi connectivity index (χ2n) is 5.24. The number of nitrogens with one attached hydrogen (secondary N) is 1. The molecule has 20 heavy (non-hydrogen) atoms. The minimum Gasteiger partial charge on any atom is -0.496 e. The number of hydrogen-bond donors (Lipinski definition) is 3. The predicted molar refractivity (Wildman–Crippen MR) is 79.1 cm³/mol. The maximum Gasteiger partial charge on any atom is 0.123 e. The van der Waals surface area contributed by atoms with E-state index in [9.17, 15) is 5.11 Å². The van der Waals surface area contributed by atoms with E-state index in [1.807, 2.05) is 12.1 Å². The van der Waals surface area contributed by atoms with Crippen molar-refractivity contribution in [2.75, 3.05) is 20.3 Å². The molecule has 1 heterocycles. The van der Waals surface area contributed by atoms with Crippen molar-refractivity contribution in [1.82, 2.24) is 4.90 Å². The van der Waals surface area contributed by atoms with Crippen molar-refractivity contribution in [3.8, 4) is 5.75 Å². The number of amidine groups is 1. The number of nitrogens with zero attached hydrogens (tertiary/aromatic N) is 1. The zero-order valence-electron chi connectivity index (χ0n) is 11.9. The fourth-order valence-electron chi connectivity index (χ4n) is 2.76. The largest absolute Gasteiger partial charge is 0.496 e. The van der Waals surface area contributed by atoms with Gasteiger partial charge in [-0.25, -0.2) is 0 Å². The molecule has 1 fully saturated rings. The Hall–Kier alpha value is -1.59. The van der Waals surface area contributed by atoms with E-state index >= 15 is 0 Å². The van der Waals surface area contributed by atoms with E-state index in [1.54, 1.807) is 13.2 Å². The van der Waals surface area contributed by atoms with Crippen LogP contribution in [0.3, 0.4) is 0 Å². The molecule has 1 atom stereocenters. The number of rotatable bonds is 5. The third-order valence-corrected chi connectivity index (χ3v) is 3.92. The van der Waals surface area contributed by atoms with Crippen LogP contribution in [0.5, 0.6) is 5.75 Å². The van der Waals surface area contributed by atoms with E-state index in [4.69, 9.17) is 15.9 Å². The van der Waals surface area contributed by atoms with Crippen LogP contribution in [-0.2, 0) is 6.54 Å². The first-order chi connectivity index (χ1) is 9.65. The predicted octanol–water partition coefficient (Wildman–Crippen LogP) is 1.33. The lowest BCUT2D eigenvalue weighted by Gasteiger charge is -2.34. The van der Waals surface area contributed by atoms with Gasteiger partial charge in [0.15, 0.2) is 0 Å². The Bertz CT molecular complexity index is 476.